The molecule has 22 heavy (non-hydrogen) atoms. The largest absolute Gasteiger partial charge is 0.487 e. The Bertz CT molecular complexity index is 618. The first-order chi connectivity index (χ1) is 10.7. The average Bonchev–Trinajstić information content (AvgIpc) is 2.93. The Labute approximate surface area is 127 Å². The molecular formula is C14H17FN4O3. The van der Waals surface area contributed by atoms with Gasteiger partial charge in [0.1, 0.15) is 30.4 Å². The zero-order chi connectivity index (χ0) is 15.8. The lowest BCUT2D eigenvalue weighted by atomic mass is 10.3. The summed E-state index contributed by atoms with van der Waals surface area (Å²) in [5.41, 5.74) is 0.550. The first-order valence-corrected chi connectivity index (χ1v) is 6.70. The van der Waals surface area contributed by atoms with Crippen LogP contribution in [0.1, 0.15) is 5.69 Å². The van der Waals surface area contributed by atoms with Crippen LogP contribution in [0.4, 0.5) is 4.39 Å². The van der Waals surface area contributed by atoms with E-state index in [1.54, 1.807) is 25.4 Å². The van der Waals surface area contributed by atoms with E-state index in [1.807, 2.05) is 0 Å². The molecule has 2 aromatic rings. The Morgan fingerprint density at radius 3 is 3.09 bits per heavy atom. The van der Waals surface area contributed by atoms with Crippen LogP contribution in [0.3, 0.4) is 0 Å². The molecule has 7 nitrogen and oxygen atoms in total. The molecule has 0 radical (unpaired) electrons. The van der Waals surface area contributed by atoms with Crippen molar-refractivity contribution in [3.05, 3.63) is 42.0 Å². The maximum Gasteiger partial charge on any atom is 0.241 e. The Morgan fingerprint density at radius 1 is 1.45 bits per heavy atom. The zero-order valence-corrected chi connectivity index (χ0v) is 12.2. The summed E-state index contributed by atoms with van der Waals surface area (Å²) in [6.07, 6.45) is 1.61. The summed E-state index contributed by atoms with van der Waals surface area (Å²) in [6.45, 7) is 1.11. The minimum atomic E-state index is -0.367. The maximum atomic E-state index is 13.0. The van der Waals surface area contributed by atoms with Crippen molar-refractivity contribution < 1.29 is 18.7 Å². The van der Waals surface area contributed by atoms with Crippen LogP contribution >= 0.6 is 0 Å². The molecular weight excluding hydrogens is 291 g/mol. The summed E-state index contributed by atoms with van der Waals surface area (Å²) in [6, 6.07) is 5.83. The summed E-state index contributed by atoms with van der Waals surface area (Å²) in [5.74, 6) is -0.139. The minimum absolute atomic E-state index is 0.0662. The Hall–Kier alpha value is -2.48. The van der Waals surface area contributed by atoms with Crippen LogP contribution in [-0.2, 0) is 22.7 Å². The van der Waals surface area contributed by atoms with Crippen molar-refractivity contribution in [3.63, 3.8) is 0 Å². The lowest BCUT2D eigenvalue weighted by molar-refractivity contribution is -0.122. The van der Waals surface area contributed by atoms with E-state index in [0.717, 1.165) is 0 Å². The van der Waals surface area contributed by atoms with Crippen molar-refractivity contribution >= 4 is 5.91 Å². The first kappa shape index (κ1) is 15.9. The van der Waals surface area contributed by atoms with E-state index in [4.69, 9.17) is 9.47 Å². The second-order valence-corrected chi connectivity index (χ2v) is 4.50. The van der Waals surface area contributed by atoms with Gasteiger partial charge in [0.25, 0.3) is 0 Å². The van der Waals surface area contributed by atoms with E-state index in [2.05, 4.69) is 15.6 Å². The van der Waals surface area contributed by atoms with Gasteiger partial charge >= 0.3 is 0 Å². The maximum absolute atomic E-state index is 13.0. The summed E-state index contributed by atoms with van der Waals surface area (Å²) in [5, 5.41) is 10.4. The molecule has 8 heteroatoms. The van der Waals surface area contributed by atoms with Crippen molar-refractivity contribution in [1.29, 1.82) is 0 Å². The summed E-state index contributed by atoms with van der Waals surface area (Å²) >= 11 is 0. The highest BCUT2D eigenvalue weighted by Gasteiger charge is 2.06. The molecule has 0 aliphatic carbocycles. The second kappa shape index (κ2) is 8.08. The molecule has 0 aliphatic rings. The second-order valence-electron chi connectivity index (χ2n) is 4.50. The van der Waals surface area contributed by atoms with E-state index in [-0.39, 0.29) is 24.9 Å². The monoisotopic (exact) mass is 308 g/mol. The molecule has 0 fully saturated rings. The molecule has 0 saturated heterocycles. The lowest BCUT2D eigenvalue weighted by Crippen LogP contribution is -2.30. The first-order valence-electron chi connectivity index (χ1n) is 6.70. The van der Waals surface area contributed by atoms with Gasteiger partial charge in [-0.15, -0.1) is 5.10 Å². The normalized spacial score (nSPS) is 10.5. The standard InChI is InChI=1S/C14H17FN4O3/c1-21-6-5-16-14(20)9-19-8-12(17-18-19)10-22-13-4-2-3-11(15)7-13/h2-4,7-8H,5-6,9-10H2,1H3,(H,16,20). The molecule has 118 valence electrons. The molecule has 1 aromatic carbocycles. The molecule has 2 rings (SSSR count). The number of amides is 1. The molecule has 0 atom stereocenters. The lowest BCUT2D eigenvalue weighted by Gasteiger charge is -2.04. The van der Waals surface area contributed by atoms with Crippen molar-refractivity contribution in [2.24, 2.45) is 0 Å². The fourth-order valence-electron chi connectivity index (χ4n) is 1.69. The topological polar surface area (TPSA) is 78.3 Å². The number of halogens is 1. The number of carbonyl (C=O) groups excluding carboxylic acids is 1. The van der Waals surface area contributed by atoms with Crippen LogP contribution < -0.4 is 10.1 Å². The number of ether oxygens (including phenoxy) is 2. The van der Waals surface area contributed by atoms with E-state index >= 15 is 0 Å². The highest BCUT2D eigenvalue weighted by molar-refractivity contribution is 5.75. The third kappa shape index (κ3) is 5.13. The van der Waals surface area contributed by atoms with Crippen LogP contribution in [-0.4, -0.2) is 41.2 Å². The van der Waals surface area contributed by atoms with Gasteiger partial charge in [-0.1, -0.05) is 11.3 Å². The van der Waals surface area contributed by atoms with Gasteiger partial charge < -0.3 is 14.8 Å². The fourth-order valence-corrected chi connectivity index (χ4v) is 1.69. The molecule has 0 aliphatic heterocycles. The van der Waals surface area contributed by atoms with E-state index < -0.39 is 0 Å². The molecule has 0 bridgehead atoms. The van der Waals surface area contributed by atoms with Gasteiger partial charge in [-0.05, 0) is 12.1 Å². The molecule has 1 amide bonds. The Kier molecular flexibility index (Phi) is 5.84. The molecule has 0 unspecified atom stereocenters. The van der Waals surface area contributed by atoms with E-state index in [1.165, 1.54) is 16.8 Å². The van der Waals surface area contributed by atoms with E-state index in [9.17, 15) is 9.18 Å². The summed E-state index contributed by atoms with van der Waals surface area (Å²) < 4.78 is 24.6. The van der Waals surface area contributed by atoms with Crippen molar-refractivity contribution in [3.8, 4) is 5.75 Å². The third-order valence-electron chi connectivity index (χ3n) is 2.70. The fraction of sp³-hybridized carbons (Fsp3) is 0.357. The number of hydrogen-bond donors (Lipinski definition) is 1. The minimum Gasteiger partial charge on any atom is -0.487 e. The van der Waals surface area contributed by atoms with Crippen molar-refractivity contribution in [2.75, 3.05) is 20.3 Å². The molecule has 0 spiro atoms. The number of aromatic nitrogens is 3. The number of benzene rings is 1. The SMILES string of the molecule is COCCNC(=O)Cn1cc(COc2cccc(F)c2)nn1. The zero-order valence-electron chi connectivity index (χ0n) is 12.2. The van der Waals surface area contributed by atoms with Crippen LogP contribution in [0.2, 0.25) is 0 Å². The number of nitrogens with zero attached hydrogens (tertiary/aromatic N) is 3. The highest BCUT2D eigenvalue weighted by atomic mass is 19.1. The van der Waals surface area contributed by atoms with Gasteiger partial charge in [0.2, 0.25) is 5.91 Å². The van der Waals surface area contributed by atoms with Crippen LogP contribution in [0.15, 0.2) is 30.5 Å². The summed E-state index contributed by atoms with van der Waals surface area (Å²) in [7, 11) is 1.56. The predicted molar refractivity (Wildman–Crippen MR) is 75.6 cm³/mol. The van der Waals surface area contributed by atoms with Gasteiger partial charge in [-0.25, -0.2) is 9.07 Å². The van der Waals surface area contributed by atoms with Gasteiger partial charge in [0.15, 0.2) is 0 Å². The van der Waals surface area contributed by atoms with Gasteiger partial charge in [0.05, 0.1) is 12.8 Å². The number of nitrogens with one attached hydrogen (secondary N) is 1. The third-order valence-corrected chi connectivity index (χ3v) is 2.70. The summed E-state index contributed by atoms with van der Waals surface area (Å²) in [4.78, 5) is 11.6. The number of carbonyl (C=O) groups is 1. The molecule has 0 saturated carbocycles. The van der Waals surface area contributed by atoms with Crippen LogP contribution in [0.25, 0.3) is 0 Å². The quantitative estimate of drug-likeness (QED) is 0.728. The number of rotatable bonds is 8. The Balaban J connectivity index is 1.80. The van der Waals surface area contributed by atoms with Gasteiger partial charge in [0, 0.05) is 19.7 Å². The number of methoxy groups -OCH3 is 1. The van der Waals surface area contributed by atoms with Gasteiger partial charge in [-0.3, -0.25) is 4.79 Å². The smallest absolute Gasteiger partial charge is 0.241 e. The van der Waals surface area contributed by atoms with Crippen LogP contribution in [0.5, 0.6) is 5.75 Å². The molecule has 1 heterocycles. The average molecular weight is 308 g/mol. The van der Waals surface area contributed by atoms with Gasteiger partial charge in [-0.2, -0.15) is 0 Å². The highest BCUT2D eigenvalue weighted by Crippen LogP contribution is 2.13. The molecule has 1 aromatic heterocycles. The van der Waals surface area contributed by atoms with E-state index in [0.29, 0.717) is 24.6 Å². The van der Waals surface area contributed by atoms with Crippen molar-refractivity contribution in [2.45, 2.75) is 13.2 Å². The van der Waals surface area contributed by atoms with Crippen molar-refractivity contribution in [1.82, 2.24) is 20.3 Å². The molecule has 1 N–H and O–H groups in total. The number of hydrogen-bond acceptors (Lipinski definition) is 5. The predicted octanol–water partition coefficient (Wildman–Crippen LogP) is 0.759. The Morgan fingerprint density at radius 2 is 2.32 bits per heavy atom. The van der Waals surface area contributed by atoms with Crippen LogP contribution in [0, 0.1) is 5.82 Å².